The summed E-state index contributed by atoms with van der Waals surface area (Å²) in [6.07, 6.45) is 8.56. The average molecular weight is 274 g/mol. The Hall–Kier alpha value is -0.860. The van der Waals surface area contributed by atoms with Crippen LogP contribution in [0.4, 0.5) is 0 Å². The summed E-state index contributed by atoms with van der Waals surface area (Å²) in [6, 6.07) is 11.3. The lowest BCUT2D eigenvalue weighted by Crippen LogP contribution is -2.34. The van der Waals surface area contributed by atoms with Crippen LogP contribution in [0.5, 0.6) is 0 Å². The second kappa shape index (κ2) is 8.43. The third-order valence-corrected chi connectivity index (χ3v) is 4.38. The SMILES string of the molecule is CN(C)CC(NCC1CCCCCC1)c1ccccc1. The lowest BCUT2D eigenvalue weighted by atomic mass is 9.99. The van der Waals surface area contributed by atoms with Gasteiger partial charge in [-0.3, -0.25) is 0 Å². The molecule has 1 aliphatic rings. The number of hydrogen-bond acceptors (Lipinski definition) is 2. The molecule has 1 aromatic carbocycles. The number of rotatable bonds is 6. The monoisotopic (exact) mass is 274 g/mol. The first kappa shape index (κ1) is 15.5. The summed E-state index contributed by atoms with van der Waals surface area (Å²) < 4.78 is 0. The highest BCUT2D eigenvalue weighted by molar-refractivity contribution is 5.19. The normalized spacial score (nSPS) is 18.9. The Kier molecular flexibility index (Phi) is 6.55. The van der Waals surface area contributed by atoms with Crippen LogP contribution in [0.2, 0.25) is 0 Å². The molecule has 1 atom stereocenters. The topological polar surface area (TPSA) is 15.3 Å². The zero-order chi connectivity index (χ0) is 14.2. The maximum atomic E-state index is 3.82. The fourth-order valence-electron chi connectivity index (χ4n) is 3.22. The first-order chi connectivity index (χ1) is 9.75. The molecule has 1 fully saturated rings. The Morgan fingerprint density at radius 3 is 2.30 bits per heavy atom. The van der Waals surface area contributed by atoms with Crippen molar-refractivity contribution in [3.63, 3.8) is 0 Å². The van der Waals surface area contributed by atoms with Gasteiger partial charge in [-0.1, -0.05) is 56.0 Å². The molecule has 0 spiro atoms. The van der Waals surface area contributed by atoms with Crippen molar-refractivity contribution in [2.75, 3.05) is 27.2 Å². The summed E-state index contributed by atoms with van der Waals surface area (Å²) in [5, 5.41) is 3.82. The minimum atomic E-state index is 0.453. The molecule has 112 valence electrons. The van der Waals surface area contributed by atoms with Gasteiger partial charge >= 0.3 is 0 Å². The smallest absolute Gasteiger partial charge is 0.0449 e. The Balaban J connectivity index is 1.90. The van der Waals surface area contributed by atoms with E-state index in [1.54, 1.807) is 0 Å². The molecule has 0 aromatic heterocycles. The van der Waals surface area contributed by atoms with E-state index in [2.05, 4.69) is 54.6 Å². The van der Waals surface area contributed by atoms with Gasteiger partial charge in [0.2, 0.25) is 0 Å². The summed E-state index contributed by atoms with van der Waals surface area (Å²) in [4.78, 5) is 2.28. The first-order valence-electron chi connectivity index (χ1n) is 8.19. The van der Waals surface area contributed by atoms with Crippen molar-refractivity contribution in [2.24, 2.45) is 5.92 Å². The van der Waals surface area contributed by atoms with Crippen LogP contribution in [0, 0.1) is 5.92 Å². The molecule has 1 saturated carbocycles. The highest BCUT2D eigenvalue weighted by atomic mass is 15.1. The van der Waals surface area contributed by atoms with Crippen LogP contribution in [0.3, 0.4) is 0 Å². The van der Waals surface area contributed by atoms with Crippen LogP contribution in [0.25, 0.3) is 0 Å². The largest absolute Gasteiger partial charge is 0.309 e. The fourth-order valence-corrected chi connectivity index (χ4v) is 3.22. The zero-order valence-corrected chi connectivity index (χ0v) is 13.1. The lowest BCUT2D eigenvalue weighted by Gasteiger charge is -2.25. The van der Waals surface area contributed by atoms with Crippen LogP contribution < -0.4 is 5.32 Å². The number of benzene rings is 1. The van der Waals surface area contributed by atoms with E-state index in [1.165, 1.54) is 50.6 Å². The second-order valence-electron chi connectivity index (χ2n) is 6.49. The molecule has 0 aliphatic heterocycles. The van der Waals surface area contributed by atoms with Crippen molar-refractivity contribution < 1.29 is 0 Å². The summed E-state index contributed by atoms with van der Waals surface area (Å²) in [5.74, 6) is 0.880. The van der Waals surface area contributed by atoms with E-state index >= 15 is 0 Å². The zero-order valence-electron chi connectivity index (χ0n) is 13.1. The molecule has 1 N–H and O–H groups in total. The fraction of sp³-hybridized carbons (Fsp3) is 0.667. The van der Waals surface area contributed by atoms with Crippen molar-refractivity contribution in [2.45, 2.75) is 44.6 Å². The van der Waals surface area contributed by atoms with Crippen LogP contribution in [0.15, 0.2) is 30.3 Å². The van der Waals surface area contributed by atoms with Crippen molar-refractivity contribution in [3.8, 4) is 0 Å². The minimum Gasteiger partial charge on any atom is -0.309 e. The first-order valence-corrected chi connectivity index (χ1v) is 8.19. The number of likely N-dealkylation sites (N-methyl/N-ethyl adjacent to an activating group) is 1. The third-order valence-electron chi connectivity index (χ3n) is 4.38. The predicted octanol–water partition coefficient (Wildman–Crippen LogP) is 3.85. The maximum absolute atomic E-state index is 3.82. The van der Waals surface area contributed by atoms with Gasteiger partial charge in [0.15, 0.2) is 0 Å². The second-order valence-corrected chi connectivity index (χ2v) is 6.49. The Labute approximate surface area is 124 Å². The summed E-state index contributed by atoms with van der Waals surface area (Å²) >= 11 is 0. The Bertz CT molecular complexity index is 353. The molecule has 1 aromatic rings. The highest BCUT2D eigenvalue weighted by Crippen LogP contribution is 2.23. The molecular weight excluding hydrogens is 244 g/mol. The number of nitrogens with zero attached hydrogens (tertiary/aromatic N) is 1. The highest BCUT2D eigenvalue weighted by Gasteiger charge is 2.16. The van der Waals surface area contributed by atoms with Gasteiger partial charge in [0.1, 0.15) is 0 Å². The molecular formula is C18H30N2. The van der Waals surface area contributed by atoms with E-state index in [1.807, 2.05) is 0 Å². The van der Waals surface area contributed by atoms with E-state index in [9.17, 15) is 0 Å². The molecule has 0 heterocycles. The molecule has 0 saturated heterocycles. The molecule has 1 unspecified atom stereocenters. The van der Waals surface area contributed by atoms with Crippen LogP contribution in [0.1, 0.15) is 50.1 Å². The van der Waals surface area contributed by atoms with Crippen molar-refractivity contribution in [1.82, 2.24) is 10.2 Å². The van der Waals surface area contributed by atoms with Crippen molar-refractivity contribution >= 4 is 0 Å². The summed E-state index contributed by atoms with van der Waals surface area (Å²) in [6.45, 7) is 2.24. The average Bonchev–Trinajstić information content (AvgIpc) is 2.72. The molecule has 1 aliphatic carbocycles. The van der Waals surface area contributed by atoms with E-state index in [0.29, 0.717) is 6.04 Å². The van der Waals surface area contributed by atoms with E-state index < -0.39 is 0 Å². The van der Waals surface area contributed by atoms with Gasteiger partial charge < -0.3 is 10.2 Å². The predicted molar refractivity (Wildman–Crippen MR) is 86.9 cm³/mol. The van der Waals surface area contributed by atoms with Gasteiger partial charge in [0.25, 0.3) is 0 Å². The molecule has 2 nitrogen and oxygen atoms in total. The Morgan fingerprint density at radius 1 is 1.05 bits per heavy atom. The molecule has 20 heavy (non-hydrogen) atoms. The summed E-state index contributed by atoms with van der Waals surface area (Å²) in [7, 11) is 4.31. The number of hydrogen-bond donors (Lipinski definition) is 1. The van der Waals surface area contributed by atoms with Gasteiger partial charge in [0.05, 0.1) is 0 Å². The molecule has 2 heteroatoms. The van der Waals surface area contributed by atoms with Crippen molar-refractivity contribution in [1.29, 1.82) is 0 Å². The lowest BCUT2D eigenvalue weighted by molar-refractivity contribution is 0.318. The third kappa shape index (κ3) is 5.26. The quantitative estimate of drug-likeness (QED) is 0.793. The van der Waals surface area contributed by atoms with Gasteiger partial charge in [-0.05, 0) is 45.0 Å². The van der Waals surface area contributed by atoms with Crippen LogP contribution >= 0.6 is 0 Å². The standard InChI is InChI=1S/C18H30N2/c1-20(2)15-18(17-12-8-5-9-13-17)19-14-16-10-6-3-4-7-11-16/h5,8-9,12-13,16,18-19H,3-4,6-7,10-11,14-15H2,1-2H3. The van der Waals surface area contributed by atoms with Crippen molar-refractivity contribution in [3.05, 3.63) is 35.9 Å². The maximum Gasteiger partial charge on any atom is 0.0449 e. The van der Waals surface area contributed by atoms with Gasteiger partial charge in [-0.2, -0.15) is 0 Å². The molecule has 0 amide bonds. The van der Waals surface area contributed by atoms with Gasteiger partial charge in [-0.15, -0.1) is 0 Å². The van der Waals surface area contributed by atoms with Crippen LogP contribution in [-0.2, 0) is 0 Å². The number of nitrogens with one attached hydrogen (secondary N) is 1. The van der Waals surface area contributed by atoms with E-state index in [-0.39, 0.29) is 0 Å². The summed E-state index contributed by atoms with van der Waals surface area (Å²) in [5.41, 5.74) is 1.41. The molecule has 0 bridgehead atoms. The minimum absolute atomic E-state index is 0.453. The Morgan fingerprint density at radius 2 is 1.70 bits per heavy atom. The molecule has 0 radical (unpaired) electrons. The van der Waals surface area contributed by atoms with Gasteiger partial charge in [-0.25, -0.2) is 0 Å². The molecule has 2 rings (SSSR count). The van der Waals surface area contributed by atoms with E-state index in [4.69, 9.17) is 0 Å². The van der Waals surface area contributed by atoms with Crippen LogP contribution in [-0.4, -0.2) is 32.1 Å². The van der Waals surface area contributed by atoms with Gasteiger partial charge in [0, 0.05) is 12.6 Å². The van der Waals surface area contributed by atoms with E-state index in [0.717, 1.165) is 12.5 Å².